The molecule has 0 amide bonds. The lowest BCUT2D eigenvalue weighted by molar-refractivity contribution is 0.103. The van der Waals surface area contributed by atoms with Crippen molar-refractivity contribution in [3.63, 3.8) is 0 Å². The average molecular weight is 324 g/mol. The van der Waals surface area contributed by atoms with Gasteiger partial charge in [0.05, 0.1) is 0 Å². The highest BCUT2D eigenvalue weighted by molar-refractivity contribution is 5.88. The third-order valence-corrected chi connectivity index (χ3v) is 5.55. The third kappa shape index (κ3) is 3.57. The Morgan fingerprint density at radius 1 is 0.917 bits per heavy atom. The quantitative estimate of drug-likeness (QED) is 0.832. The minimum atomic E-state index is 0.777. The van der Waals surface area contributed by atoms with Crippen LogP contribution in [-0.2, 0) is 0 Å². The molecule has 0 aliphatic carbocycles. The number of piperidine rings is 1. The van der Waals surface area contributed by atoms with E-state index >= 15 is 0 Å². The Hall–Kier alpha value is -1.58. The van der Waals surface area contributed by atoms with Gasteiger partial charge in [-0.25, -0.2) is 0 Å². The second-order valence-electron chi connectivity index (χ2n) is 7.17. The van der Waals surface area contributed by atoms with Crippen molar-refractivity contribution < 1.29 is 4.74 Å². The van der Waals surface area contributed by atoms with Gasteiger partial charge in [-0.1, -0.05) is 36.4 Å². The minimum Gasteiger partial charge on any atom is -0.492 e. The molecule has 0 bridgehead atoms. The zero-order valence-electron chi connectivity index (χ0n) is 14.5. The van der Waals surface area contributed by atoms with Crippen LogP contribution >= 0.6 is 0 Å². The molecule has 2 aliphatic rings. The first kappa shape index (κ1) is 15.9. The predicted octanol–water partition coefficient (Wildman–Crippen LogP) is 3.78. The molecule has 128 valence electrons. The maximum atomic E-state index is 6.13. The fraction of sp³-hybridized carbons (Fsp3) is 0.524. The molecule has 0 spiro atoms. The molecule has 0 radical (unpaired) electrons. The van der Waals surface area contributed by atoms with Gasteiger partial charge in [0.2, 0.25) is 0 Å². The van der Waals surface area contributed by atoms with Crippen LogP contribution in [0.1, 0.15) is 25.7 Å². The first-order chi connectivity index (χ1) is 11.9. The van der Waals surface area contributed by atoms with E-state index in [1.807, 2.05) is 0 Å². The summed E-state index contributed by atoms with van der Waals surface area (Å²) in [6, 6.07) is 15.6. The molecule has 0 saturated carbocycles. The lowest BCUT2D eigenvalue weighted by atomic mass is 10.0. The molecule has 24 heavy (non-hydrogen) atoms. The number of likely N-dealkylation sites (tertiary alicyclic amines) is 2. The second-order valence-corrected chi connectivity index (χ2v) is 7.17. The summed E-state index contributed by atoms with van der Waals surface area (Å²) >= 11 is 0. The standard InChI is InChI=1S/C21H28N2O/c1-2-10-20-18(7-1)8-5-11-21(20)24-16-15-22-12-6-9-19(17-22)23-13-3-4-14-23/h1-2,5,7-8,10-11,19H,3-4,6,9,12-17H2/t19-/m1/s1. The minimum absolute atomic E-state index is 0.777. The van der Waals surface area contributed by atoms with Gasteiger partial charge in [0.1, 0.15) is 12.4 Å². The monoisotopic (exact) mass is 324 g/mol. The van der Waals surface area contributed by atoms with E-state index in [4.69, 9.17) is 4.74 Å². The first-order valence-electron chi connectivity index (χ1n) is 9.47. The molecule has 2 fully saturated rings. The predicted molar refractivity (Wildman–Crippen MR) is 99.7 cm³/mol. The molecule has 2 aliphatic heterocycles. The topological polar surface area (TPSA) is 15.7 Å². The normalized spacial score (nSPS) is 22.9. The van der Waals surface area contributed by atoms with Gasteiger partial charge >= 0.3 is 0 Å². The summed E-state index contributed by atoms with van der Waals surface area (Å²) in [6.07, 6.45) is 5.48. The van der Waals surface area contributed by atoms with Crippen molar-refractivity contribution >= 4 is 10.8 Å². The number of ether oxygens (including phenoxy) is 1. The summed E-state index contributed by atoms with van der Waals surface area (Å²) in [4.78, 5) is 5.30. The molecule has 2 heterocycles. The molecule has 2 aromatic rings. The molecule has 4 rings (SSSR count). The van der Waals surface area contributed by atoms with Crippen LogP contribution in [0, 0.1) is 0 Å². The van der Waals surface area contributed by atoms with Crippen molar-refractivity contribution in [2.24, 2.45) is 0 Å². The van der Waals surface area contributed by atoms with Crippen LogP contribution in [0.4, 0.5) is 0 Å². The van der Waals surface area contributed by atoms with Crippen molar-refractivity contribution in [1.29, 1.82) is 0 Å². The summed E-state index contributed by atoms with van der Waals surface area (Å²) in [5.74, 6) is 1.02. The van der Waals surface area contributed by atoms with Crippen LogP contribution in [0.25, 0.3) is 10.8 Å². The summed E-state index contributed by atoms with van der Waals surface area (Å²) in [6.45, 7) is 6.88. The van der Waals surface area contributed by atoms with Gasteiger partial charge in [-0.15, -0.1) is 0 Å². The van der Waals surface area contributed by atoms with Crippen LogP contribution in [0.3, 0.4) is 0 Å². The third-order valence-electron chi connectivity index (χ3n) is 5.55. The van der Waals surface area contributed by atoms with Crippen LogP contribution < -0.4 is 4.74 Å². The van der Waals surface area contributed by atoms with Gasteiger partial charge in [0, 0.05) is 24.5 Å². The van der Waals surface area contributed by atoms with Crippen molar-refractivity contribution in [2.75, 3.05) is 39.3 Å². The molecular formula is C21H28N2O. The lowest BCUT2D eigenvalue weighted by Crippen LogP contribution is -2.47. The van der Waals surface area contributed by atoms with E-state index in [9.17, 15) is 0 Å². The number of benzene rings is 2. The maximum Gasteiger partial charge on any atom is 0.127 e. The molecule has 2 aromatic carbocycles. The van der Waals surface area contributed by atoms with E-state index in [0.717, 1.165) is 24.9 Å². The first-order valence-corrected chi connectivity index (χ1v) is 9.47. The van der Waals surface area contributed by atoms with Gasteiger partial charge in [-0.05, 0) is 56.8 Å². The molecule has 0 N–H and O–H groups in total. The van der Waals surface area contributed by atoms with Crippen LogP contribution in [0.5, 0.6) is 5.75 Å². The lowest BCUT2D eigenvalue weighted by Gasteiger charge is -2.37. The van der Waals surface area contributed by atoms with Gasteiger partial charge in [0.25, 0.3) is 0 Å². The average Bonchev–Trinajstić information content (AvgIpc) is 3.17. The highest BCUT2D eigenvalue weighted by atomic mass is 16.5. The number of fused-ring (bicyclic) bond motifs is 1. The van der Waals surface area contributed by atoms with Crippen molar-refractivity contribution in [3.8, 4) is 5.75 Å². The van der Waals surface area contributed by atoms with Gasteiger partial charge in [0.15, 0.2) is 0 Å². The second kappa shape index (κ2) is 7.54. The van der Waals surface area contributed by atoms with Crippen LogP contribution in [-0.4, -0.2) is 55.2 Å². The molecular weight excluding hydrogens is 296 g/mol. The summed E-state index contributed by atoms with van der Waals surface area (Å²) in [7, 11) is 0. The summed E-state index contributed by atoms with van der Waals surface area (Å²) in [5, 5.41) is 2.47. The van der Waals surface area contributed by atoms with Gasteiger partial charge < -0.3 is 4.74 Å². The van der Waals surface area contributed by atoms with Crippen LogP contribution in [0.15, 0.2) is 42.5 Å². The van der Waals surface area contributed by atoms with E-state index in [-0.39, 0.29) is 0 Å². The summed E-state index contributed by atoms with van der Waals surface area (Å²) in [5.41, 5.74) is 0. The zero-order valence-corrected chi connectivity index (χ0v) is 14.5. The fourth-order valence-electron chi connectivity index (χ4n) is 4.25. The zero-order chi connectivity index (χ0) is 16.2. The van der Waals surface area contributed by atoms with E-state index in [2.05, 4.69) is 52.3 Å². The number of nitrogens with zero attached hydrogens (tertiary/aromatic N) is 2. The number of hydrogen-bond acceptors (Lipinski definition) is 3. The Balaban J connectivity index is 1.31. The maximum absolute atomic E-state index is 6.13. The van der Waals surface area contributed by atoms with Crippen molar-refractivity contribution in [2.45, 2.75) is 31.7 Å². The van der Waals surface area contributed by atoms with E-state index in [1.54, 1.807) is 0 Å². The molecule has 2 saturated heterocycles. The van der Waals surface area contributed by atoms with Gasteiger partial charge in [-0.2, -0.15) is 0 Å². The molecule has 0 unspecified atom stereocenters. The fourth-order valence-corrected chi connectivity index (χ4v) is 4.25. The molecule has 3 heteroatoms. The highest BCUT2D eigenvalue weighted by Gasteiger charge is 2.26. The largest absolute Gasteiger partial charge is 0.492 e. The Morgan fingerprint density at radius 3 is 2.67 bits per heavy atom. The van der Waals surface area contributed by atoms with E-state index in [1.165, 1.54) is 62.6 Å². The van der Waals surface area contributed by atoms with Gasteiger partial charge in [-0.3, -0.25) is 9.80 Å². The van der Waals surface area contributed by atoms with Crippen molar-refractivity contribution in [3.05, 3.63) is 42.5 Å². The Bertz CT molecular complexity index is 660. The number of rotatable bonds is 5. The molecule has 1 atom stereocenters. The number of hydrogen-bond donors (Lipinski definition) is 0. The van der Waals surface area contributed by atoms with Crippen molar-refractivity contribution in [1.82, 2.24) is 9.80 Å². The Morgan fingerprint density at radius 2 is 1.75 bits per heavy atom. The molecule has 0 aromatic heterocycles. The SMILES string of the molecule is c1ccc2c(OCCN3CCC[C@@H](N4CCCC4)C3)cccc2c1. The van der Waals surface area contributed by atoms with E-state index < -0.39 is 0 Å². The smallest absolute Gasteiger partial charge is 0.127 e. The molecule has 3 nitrogen and oxygen atoms in total. The summed E-state index contributed by atoms with van der Waals surface area (Å²) < 4.78 is 6.13. The Kier molecular flexibility index (Phi) is 5.00. The van der Waals surface area contributed by atoms with Crippen LogP contribution in [0.2, 0.25) is 0 Å². The highest BCUT2D eigenvalue weighted by Crippen LogP contribution is 2.25. The Labute approximate surface area is 145 Å². The van der Waals surface area contributed by atoms with E-state index in [0.29, 0.717) is 0 Å².